The Kier molecular flexibility index (Phi) is 7.99. The van der Waals surface area contributed by atoms with Crippen LogP contribution in [0.25, 0.3) is 0 Å². The first-order valence-electron chi connectivity index (χ1n) is 13.5. The zero-order valence-corrected chi connectivity index (χ0v) is 22.1. The summed E-state index contributed by atoms with van der Waals surface area (Å²) in [7, 11) is 0. The van der Waals surface area contributed by atoms with E-state index in [-0.39, 0.29) is 16.9 Å². The predicted molar refractivity (Wildman–Crippen MR) is 137 cm³/mol. The summed E-state index contributed by atoms with van der Waals surface area (Å²) in [6.45, 7) is 6.07. The van der Waals surface area contributed by atoms with E-state index in [9.17, 15) is 24.7 Å². The lowest BCUT2D eigenvalue weighted by Crippen LogP contribution is -2.66. The third-order valence-electron chi connectivity index (χ3n) is 10.0. The second kappa shape index (κ2) is 10.8. The van der Waals surface area contributed by atoms with E-state index in [0.29, 0.717) is 60.7 Å². The van der Waals surface area contributed by atoms with Crippen molar-refractivity contribution in [1.82, 2.24) is 5.32 Å². The molecule has 0 bridgehead atoms. The minimum absolute atomic E-state index is 0.0955. The Morgan fingerprint density at radius 3 is 2.37 bits per heavy atom. The van der Waals surface area contributed by atoms with Gasteiger partial charge in [0, 0.05) is 48.8 Å². The maximum atomic E-state index is 12.6. The van der Waals surface area contributed by atoms with Gasteiger partial charge in [-0.05, 0) is 62.8 Å². The molecule has 4 saturated carbocycles. The van der Waals surface area contributed by atoms with Gasteiger partial charge in [0.25, 0.3) is 0 Å². The largest absolute Gasteiger partial charge is 0.478 e. The van der Waals surface area contributed by atoms with Crippen molar-refractivity contribution in [2.75, 3.05) is 13.1 Å². The van der Waals surface area contributed by atoms with Crippen LogP contribution < -0.4 is 5.32 Å². The van der Waals surface area contributed by atoms with Gasteiger partial charge in [0.05, 0.1) is 11.4 Å². The summed E-state index contributed by atoms with van der Waals surface area (Å²) in [5.41, 5.74) is -0.479. The van der Waals surface area contributed by atoms with E-state index in [1.54, 1.807) is 0 Å². The molecule has 1 aliphatic heterocycles. The topological polar surface area (TPSA) is 178 Å². The van der Waals surface area contributed by atoms with E-state index in [4.69, 9.17) is 15.1 Å². The lowest BCUT2D eigenvalue weighted by Gasteiger charge is -2.62. The van der Waals surface area contributed by atoms with Gasteiger partial charge in [-0.2, -0.15) is 0 Å². The van der Waals surface area contributed by atoms with Gasteiger partial charge in [0.2, 0.25) is 0 Å². The summed E-state index contributed by atoms with van der Waals surface area (Å²) in [5.74, 6) is -1.16. The zero-order valence-electron chi connectivity index (χ0n) is 22.1. The highest BCUT2D eigenvalue weighted by atomic mass is 16.6. The number of Topliss-reactive ketones (excluding diaryl/α,β-unsaturated/α-hetero) is 1. The molecule has 0 unspecified atom stereocenters. The van der Waals surface area contributed by atoms with Crippen molar-refractivity contribution >= 4 is 29.1 Å². The number of hydrogen-bond donors (Lipinski definition) is 5. The van der Waals surface area contributed by atoms with Crippen LogP contribution in [0.3, 0.4) is 0 Å². The first-order valence-corrected chi connectivity index (χ1v) is 13.5. The molecule has 5 N–H and O–H groups in total. The molecule has 0 aromatic heterocycles. The standard InChI is InChI=1S/C23H35N3O4.C4H4O4/c1-21-8-6-18-16(17(21)3-4-20(21)27)11-19(25-29)23(28)12-14(5-9-22(18,23)2)26-30-15-7-10-24-13-15;5-3(6)1-2-4(7)8/h15-18,24,28-29H,3-13H2,1-2H3;1-2H,(H,5,6)(H,7,8)/b25-19+,26-14?;/t15-,16-,17-,18-,21-,22+,23-;/m0./s1. The zero-order chi connectivity index (χ0) is 27.7. The molecule has 5 fully saturated rings. The Morgan fingerprint density at radius 2 is 1.76 bits per heavy atom. The number of ketones is 1. The molecule has 1 saturated heterocycles. The van der Waals surface area contributed by atoms with Gasteiger partial charge in [-0.1, -0.05) is 24.2 Å². The number of nitrogens with zero attached hydrogens (tertiary/aromatic N) is 2. The summed E-state index contributed by atoms with van der Waals surface area (Å²) in [5, 5.41) is 48.8. The molecule has 4 aliphatic carbocycles. The van der Waals surface area contributed by atoms with Gasteiger partial charge in [0.15, 0.2) is 0 Å². The fourth-order valence-electron chi connectivity index (χ4n) is 7.86. The number of oxime groups is 2. The number of carbonyl (C=O) groups excluding carboxylic acids is 1. The SMILES string of the molecule is C[C@]12CC[C@H]3[C@@H](C/C(=N\O)[C@@]4(O)CC(=NO[C@H]5CCNC5)CC[C@]34C)[C@@H]1CCC2=O.O=C(O)C=CC(=O)O. The summed E-state index contributed by atoms with van der Waals surface area (Å²) in [4.78, 5) is 37.5. The number of aliphatic carboxylic acids is 2. The lowest BCUT2D eigenvalue weighted by atomic mass is 9.43. The maximum Gasteiger partial charge on any atom is 0.328 e. The van der Waals surface area contributed by atoms with Crippen molar-refractivity contribution in [2.45, 2.75) is 83.3 Å². The lowest BCUT2D eigenvalue weighted by molar-refractivity contribution is -0.146. The number of aliphatic hydroxyl groups is 1. The van der Waals surface area contributed by atoms with Crippen LogP contribution in [0.15, 0.2) is 22.5 Å². The first kappa shape index (κ1) is 28.2. The third kappa shape index (κ3) is 4.98. The maximum absolute atomic E-state index is 12.6. The van der Waals surface area contributed by atoms with E-state index >= 15 is 0 Å². The van der Waals surface area contributed by atoms with Gasteiger partial charge in [-0.3, -0.25) is 4.79 Å². The van der Waals surface area contributed by atoms with Crippen LogP contribution in [-0.4, -0.2) is 74.5 Å². The highest BCUT2D eigenvalue weighted by molar-refractivity contribution is 6.01. The Morgan fingerprint density at radius 1 is 1.05 bits per heavy atom. The molecule has 11 heteroatoms. The Bertz CT molecular complexity index is 1030. The molecule has 11 nitrogen and oxygen atoms in total. The van der Waals surface area contributed by atoms with Crippen LogP contribution >= 0.6 is 0 Å². The molecular weight excluding hydrogens is 494 g/mol. The van der Waals surface area contributed by atoms with Crippen molar-refractivity contribution in [3.8, 4) is 0 Å². The molecule has 0 amide bonds. The molecule has 5 rings (SSSR count). The second-order valence-corrected chi connectivity index (χ2v) is 11.9. The molecule has 1 heterocycles. The van der Waals surface area contributed by atoms with E-state index in [1.165, 1.54) is 0 Å². The van der Waals surface area contributed by atoms with Crippen LogP contribution in [-0.2, 0) is 19.2 Å². The van der Waals surface area contributed by atoms with Crippen molar-refractivity contribution in [2.24, 2.45) is 38.9 Å². The summed E-state index contributed by atoms with van der Waals surface area (Å²) < 4.78 is 0. The number of hydrogen-bond acceptors (Lipinski definition) is 9. The highest BCUT2D eigenvalue weighted by Crippen LogP contribution is 2.65. The van der Waals surface area contributed by atoms with Gasteiger partial charge >= 0.3 is 11.9 Å². The predicted octanol–water partition coefficient (Wildman–Crippen LogP) is 2.60. The van der Waals surface area contributed by atoms with Crippen molar-refractivity contribution in [3.63, 3.8) is 0 Å². The average Bonchev–Trinajstić information content (AvgIpc) is 3.50. The summed E-state index contributed by atoms with van der Waals surface area (Å²) in [6, 6.07) is 0. The number of carboxylic acid groups (broad SMARTS) is 2. The Hall–Kier alpha value is -2.79. The van der Waals surface area contributed by atoms with Gasteiger partial charge in [0.1, 0.15) is 17.5 Å². The summed E-state index contributed by atoms with van der Waals surface area (Å²) in [6.07, 6.45) is 8.16. The normalized spacial score (nSPS) is 42.2. The highest BCUT2D eigenvalue weighted by Gasteiger charge is 2.66. The van der Waals surface area contributed by atoms with Crippen molar-refractivity contribution in [3.05, 3.63) is 12.2 Å². The van der Waals surface area contributed by atoms with Gasteiger partial charge in [-0.15, -0.1) is 0 Å². The Balaban J connectivity index is 0.000000368. The quantitative estimate of drug-likeness (QED) is 0.206. The summed E-state index contributed by atoms with van der Waals surface area (Å²) >= 11 is 0. The molecule has 38 heavy (non-hydrogen) atoms. The van der Waals surface area contributed by atoms with Gasteiger partial charge < -0.3 is 30.7 Å². The number of fused-ring (bicyclic) bond motifs is 5. The number of nitrogens with one attached hydrogen (secondary N) is 1. The second-order valence-electron chi connectivity index (χ2n) is 11.9. The number of carboxylic acids is 2. The van der Waals surface area contributed by atoms with Crippen LogP contribution in [0.2, 0.25) is 0 Å². The van der Waals surface area contributed by atoms with Crippen LogP contribution in [0, 0.1) is 28.6 Å². The smallest absolute Gasteiger partial charge is 0.328 e. The number of carbonyl (C=O) groups is 3. The molecule has 5 aliphatic rings. The minimum Gasteiger partial charge on any atom is -0.478 e. The van der Waals surface area contributed by atoms with Crippen LogP contribution in [0.4, 0.5) is 0 Å². The first-order chi connectivity index (χ1) is 17.9. The van der Waals surface area contributed by atoms with Crippen molar-refractivity contribution < 1.29 is 39.7 Å². The average molecular weight is 534 g/mol. The fourth-order valence-corrected chi connectivity index (χ4v) is 7.86. The molecular formula is C27H39N3O8. The fraction of sp³-hybridized carbons (Fsp3) is 0.741. The third-order valence-corrected chi connectivity index (χ3v) is 10.0. The molecule has 7 atom stereocenters. The van der Waals surface area contributed by atoms with E-state index in [0.717, 1.165) is 57.3 Å². The van der Waals surface area contributed by atoms with E-state index in [1.807, 2.05) is 0 Å². The monoisotopic (exact) mass is 533 g/mol. The molecule has 0 aromatic rings. The molecule has 210 valence electrons. The molecule has 0 radical (unpaired) electrons. The van der Waals surface area contributed by atoms with Crippen molar-refractivity contribution in [1.29, 1.82) is 0 Å². The van der Waals surface area contributed by atoms with E-state index in [2.05, 4.69) is 29.5 Å². The van der Waals surface area contributed by atoms with Crippen LogP contribution in [0.5, 0.6) is 0 Å². The number of rotatable bonds is 4. The minimum atomic E-state index is -1.26. The van der Waals surface area contributed by atoms with E-state index < -0.39 is 17.5 Å². The van der Waals surface area contributed by atoms with Crippen LogP contribution in [0.1, 0.15) is 71.6 Å². The van der Waals surface area contributed by atoms with Gasteiger partial charge in [-0.25, -0.2) is 9.59 Å². The molecule has 0 spiro atoms. The Labute approximate surface area is 222 Å². The molecule has 0 aromatic carbocycles.